The largest absolute Gasteiger partial charge is 0.404 e. The van der Waals surface area contributed by atoms with Crippen LogP contribution in [-0.2, 0) is 0 Å². The minimum Gasteiger partial charge on any atom is -0.341 e. The predicted octanol–water partition coefficient (Wildman–Crippen LogP) is 4.99. The Labute approximate surface area is 151 Å². The average molecular weight is 366 g/mol. The van der Waals surface area contributed by atoms with E-state index < -0.39 is 12.2 Å². The maximum Gasteiger partial charge on any atom is 0.404 e. The number of hydrogen-bond donors (Lipinski definition) is 0. The maximum absolute atomic E-state index is 13.4. The number of carbonyl (C=O) groups is 1. The smallest absolute Gasteiger partial charge is 0.341 e. The van der Waals surface area contributed by atoms with Crippen LogP contribution in [0.25, 0.3) is 10.9 Å². The molecule has 142 valence electrons. The number of aromatic nitrogens is 1. The Bertz CT molecular complexity index is 824. The van der Waals surface area contributed by atoms with Gasteiger partial charge < -0.3 is 4.57 Å². The molecule has 2 aromatic rings. The van der Waals surface area contributed by atoms with Gasteiger partial charge in [-0.25, -0.2) is 0 Å². The summed E-state index contributed by atoms with van der Waals surface area (Å²) >= 11 is 0. The van der Waals surface area contributed by atoms with Crippen LogP contribution in [0.2, 0.25) is 0 Å². The molecule has 0 spiro atoms. The van der Waals surface area contributed by atoms with Crippen molar-refractivity contribution in [3.8, 4) is 0 Å². The Morgan fingerprint density at radius 2 is 1.92 bits per heavy atom. The lowest BCUT2D eigenvalue weighted by Gasteiger charge is -2.40. The molecule has 0 saturated carbocycles. The van der Waals surface area contributed by atoms with Gasteiger partial charge in [0.05, 0.1) is 0 Å². The number of fused-ring (bicyclic) bond motifs is 1. The number of alkyl halides is 3. The summed E-state index contributed by atoms with van der Waals surface area (Å²) in [4.78, 5) is 13.6. The molecule has 3 rings (SSSR count). The first kappa shape index (κ1) is 19.0. The molecule has 1 aliphatic heterocycles. The summed E-state index contributed by atoms with van der Waals surface area (Å²) in [6, 6.07) is 6.14. The number of nitrogens with zero attached hydrogens (tertiary/aromatic N) is 2. The van der Waals surface area contributed by atoms with Crippen LogP contribution in [0.15, 0.2) is 24.3 Å². The van der Waals surface area contributed by atoms with E-state index >= 15 is 0 Å². The summed E-state index contributed by atoms with van der Waals surface area (Å²) in [5.74, 6) is -0.103. The highest BCUT2D eigenvalue weighted by Crippen LogP contribution is 2.40. The molecule has 0 aliphatic carbocycles. The number of hydrogen-bond acceptors (Lipinski definition) is 2. The van der Waals surface area contributed by atoms with Crippen molar-refractivity contribution in [1.29, 1.82) is 0 Å². The van der Waals surface area contributed by atoms with Gasteiger partial charge in [-0.05, 0) is 59.2 Å². The highest BCUT2D eigenvalue weighted by Gasteiger charge is 2.46. The van der Waals surface area contributed by atoms with Gasteiger partial charge in [0, 0.05) is 28.2 Å². The van der Waals surface area contributed by atoms with Gasteiger partial charge in [0.15, 0.2) is 5.78 Å². The van der Waals surface area contributed by atoms with Crippen molar-refractivity contribution in [1.82, 2.24) is 9.47 Å². The minimum atomic E-state index is -4.22. The standard InChI is InChI=1S/C20H25F3N2O/c1-12(15-9-10-24(4)18(11-15)20(21,22)23)25-13(2)19(14(3)26)16-7-5-6-8-17(16)25/h5-8,12,15,18H,9-11H2,1-4H3. The molecule has 26 heavy (non-hydrogen) atoms. The fourth-order valence-corrected chi connectivity index (χ4v) is 4.50. The van der Waals surface area contributed by atoms with E-state index in [-0.39, 0.29) is 24.2 Å². The molecular weight excluding hydrogens is 341 g/mol. The van der Waals surface area contributed by atoms with Crippen LogP contribution in [0.4, 0.5) is 13.2 Å². The first-order valence-corrected chi connectivity index (χ1v) is 9.00. The summed E-state index contributed by atoms with van der Waals surface area (Å²) < 4.78 is 42.2. The first-order valence-electron chi connectivity index (χ1n) is 9.00. The van der Waals surface area contributed by atoms with Gasteiger partial charge in [-0.3, -0.25) is 9.69 Å². The number of benzene rings is 1. The molecule has 1 aromatic carbocycles. The van der Waals surface area contributed by atoms with Gasteiger partial charge in [0.2, 0.25) is 0 Å². The van der Waals surface area contributed by atoms with Crippen LogP contribution in [0, 0.1) is 12.8 Å². The molecule has 1 fully saturated rings. The molecule has 0 radical (unpaired) electrons. The Balaban J connectivity index is 2.02. The van der Waals surface area contributed by atoms with Crippen molar-refractivity contribution in [2.45, 2.75) is 51.9 Å². The summed E-state index contributed by atoms with van der Waals surface area (Å²) in [7, 11) is 1.54. The normalized spacial score (nSPS) is 23.3. The monoisotopic (exact) mass is 366 g/mol. The zero-order chi connectivity index (χ0) is 19.2. The third-order valence-corrected chi connectivity index (χ3v) is 5.89. The Hall–Kier alpha value is -1.82. The van der Waals surface area contributed by atoms with Gasteiger partial charge in [0.25, 0.3) is 0 Å². The lowest BCUT2D eigenvalue weighted by Crippen LogP contribution is -2.49. The molecule has 6 heteroatoms. The van der Waals surface area contributed by atoms with Crippen LogP contribution >= 0.6 is 0 Å². The quantitative estimate of drug-likeness (QED) is 0.716. The number of ketones is 1. The van der Waals surface area contributed by atoms with E-state index in [1.54, 1.807) is 14.0 Å². The maximum atomic E-state index is 13.4. The van der Waals surface area contributed by atoms with Crippen LogP contribution in [0.5, 0.6) is 0 Å². The molecule has 1 aliphatic rings. The zero-order valence-corrected chi connectivity index (χ0v) is 15.6. The molecule has 2 heterocycles. The van der Waals surface area contributed by atoms with Crippen molar-refractivity contribution in [3.63, 3.8) is 0 Å². The predicted molar refractivity (Wildman–Crippen MR) is 96.6 cm³/mol. The summed E-state index contributed by atoms with van der Waals surface area (Å²) in [6.07, 6.45) is -3.42. The number of likely N-dealkylation sites (tertiary alicyclic amines) is 1. The van der Waals surface area contributed by atoms with Crippen molar-refractivity contribution < 1.29 is 18.0 Å². The lowest BCUT2D eigenvalue weighted by molar-refractivity contribution is -0.192. The van der Waals surface area contributed by atoms with Gasteiger partial charge in [-0.15, -0.1) is 0 Å². The topological polar surface area (TPSA) is 25.2 Å². The van der Waals surface area contributed by atoms with Crippen molar-refractivity contribution in [3.05, 3.63) is 35.5 Å². The Morgan fingerprint density at radius 3 is 2.54 bits per heavy atom. The molecule has 0 bridgehead atoms. The van der Waals surface area contributed by atoms with Crippen molar-refractivity contribution >= 4 is 16.7 Å². The Kier molecular flexibility index (Phi) is 4.90. The third kappa shape index (κ3) is 3.15. The molecule has 3 nitrogen and oxygen atoms in total. The van der Waals surface area contributed by atoms with E-state index in [1.165, 1.54) is 4.90 Å². The number of para-hydroxylation sites is 1. The zero-order valence-electron chi connectivity index (χ0n) is 15.6. The molecular formula is C20H25F3N2O. The van der Waals surface area contributed by atoms with E-state index in [9.17, 15) is 18.0 Å². The second kappa shape index (κ2) is 6.72. The van der Waals surface area contributed by atoms with E-state index in [0.29, 0.717) is 18.5 Å². The highest BCUT2D eigenvalue weighted by molar-refractivity contribution is 6.08. The lowest BCUT2D eigenvalue weighted by atomic mass is 9.85. The molecule has 3 atom stereocenters. The van der Waals surface area contributed by atoms with Gasteiger partial charge >= 0.3 is 6.18 Å². The molecule has 0 N–H and O–H groups in total. The van der Waals surface area contributed by atoms with Crippen LogP contribution < -0.4 is 0 Å². The van der Waals surface area contributed by atoms with Crippen LogP contribution in [-0.4, -0.2) is 41.1 Å². The van der Waals surface area contributed by atoms with E-state index in [1.807, 2.05) is 38.1 Å². The fourth-order valence-electron chi connectivity index (χ4n) is 4.50. The summed E-state index contributed by atoms with van der Waals surface area (Å²) in [5, 5.41) is 0.879. The molecule has 1 aromatic heterocycles. The Morgan fingerprint density at radius 1 is 1.27 bits per heavy atom. The second-order valence-electron chi connectivity index (χ2n) is 7.47. The van der Waals surface area contributed by atoms with E-state index in [4.69, 9.17) is 0 Å². The van der Waals surface area contributed by atoms with Gasteiger partial charge in [-0.2, -0.15) is 13.2 Å². The average Bonchev–Trinajstić information content (AvgIpc) is 2.85. The first-order chi connectivity index (χ1) is 12.1. The minimum absolute atomic E-state index is 0.0128. The van der Waals surface area contributed by atoms with Crippen molar-refractivity contribution in [2.24, 2.45) is 5.92 Å². The van der Waals surface area contributed by atoms with Crippen LogP contribution in [0.1, 0.15) is 48.8 Å². The molecule has 3 unspecified atom stereocenters. The number of rotatable bonds is 3. The van der Waals surface area contributed by atoms with E-state index in [2.05, 4.69) is 4.57 Å². The molecule has 0 amide bonds. The fraction of sp³-hybridized carbons (Fsp3) is 0.550. The summed E-state index contributed by atoms with van der Waals surface area (Å²) in [6.45, 7) is 5.84. The van der Waals surface area contributed by atoms with Gasteiger partial charge in [-0.1, -0.05) is 18.2 Å². The van der Waals surface area contributed by atoms with Crippen LogP contribution in [0.3, 0.4) is 0 Å². The summed E-state index contributed by atoms with van der Waals surface area (Å²) in [5.41, 5.74) is 2.44. The number of piperidine rings is 1. The number of carbonyl (C=O) groups excluding carboxylic acids is 1. The highest BCUT2D eigenvalue weighted by atomic mass is 19.4. The SMILES string of the molecule is CC(=O)c1c(C)n(C(C)C2CCN(C)C(C(F)(F)F)C2)c2ccccc12. The third-order valence-electron chi connectivity index (χ3n) is 5.89. The van der Waals surface area contributed by atoms with E-state index in [0.717, 1.165) is 16.6 Å². The molecule has 1 saturated heterocycles. The van der Waals surface area contributed by atoms with Gasteiger partial charge in [0.1, 0.15) is 6.04 Å². The number of Topliss-reactive ketones (excluding diaryl/α,β-unsaturated/α-hetero) is 1. The number of halogens is 3. The van der Waals surface area contributed by atoms with Crippen molar-refractivity contribution in [2.75, 3.05) is 13.6 Å². The second-order valence-corrected chi connectivity index (χ2v) is 7.47.